The number of hydrogen-bond donors (Lipinski definition) is 1. The van der Waals surface area contributed by atoms with Crippen LogP contribution in [-0.2, 0) is 16.1 Å². The number of anilines is 1. The van der Waals surface area contributed by atoms with Gasteiger partial charge in [0.05, 0.1) is 30.5 Å². The molecule has 9 heteroatoms. The van der Waals surface area contributed by atoms with Crippen LogP contribution in [0.2, 0.25) is 5.02 Å². The summed E-state index contributed by atoms with van der Waals surface area (Å²) in [6.07, 6.45) is 2.75. The number of benzene rings is 1. The highest BCUT2D eigenvalue weighted by Gasteiger charge is 2.26. The third kappa shape index (κ3) is 5.63. The lowest BCUT2D eigenvalue weighted by Crippen LogP contribution is -2.46. The Labute approximate surface area is 202 Å². The number of carbonyl (C=O) groups excluding carboxylic acids is 2. The average molecular weight is 478 g/mol. The van der Waals surface area contributed by atoms with Crippen LogP contribution in [0.4, 0.5) is 5.82 Å². The summed E-state index contributed by atoms with van der Waals surface area (Å²) in [5, 5.41) is 7.27. The molecule has 1 N–H and O–H groups in total. The molecule has 1 unspecified atom stereocenters. The van der Waals surface area contributed by atoms with E-state index in [9.17, 15) is 9.59 Å². The molecular formula is C25H24ClN5O3. The molecule has 0 bridgehead atoms. The van der Waals surface area contributed by atoms with E-state index in [1.54, 1.807) is 11.1 Å². The summed E-state index contributed by atoms with van der Waals surface area (Å²) in [4.78, 5) is 30.8. The van der Waals surface area contributed by atoms with E-state index in [1.807, 2.05) is 43.3 Å². The van der Waals surface area contributed by atoms with Gasteiger partial charge in [0.25, 0.3) is 5.91 Å². The SMILES string of the molecule is CC(=O)N1CCOC(Cn2ncc(Cl)c2C(=O)Nc2ncc(C#Cc3ccccc3)cc2C)C1. The van der Waals surface area contributed by atoms with Crippen LogP contribution in [0.3, 0.4) is 0 Å². The molecule has 0 spiro atoms. The van der Waals surface area contributed by atoms with Crippen molar-refractivity contribution < 1.29 is 14.3 Å². The second kappa shape index (κ2) is 10.5. The van der Waals surface area contributed by atoms with E-state index in [4.69, 9.17) is 16.3 Å². The highest BCUT2D eigenvalue weighted by atomic mass is 35.5. The summed E-state index contributed by atoms with van der Waals surface area (Å²) < 4.78 is 7.26. The summed E-state index contributed by atoms with van der Waals surface area (Å²) in [7, 11) is 0. The Morgan fingerprint density at radius 2 is 1.97 bits per heavy atom. The Balaban J connectivity index is 1.46. The number of aryl methyl sites for hydroxylation is 1. The molecule has 3 aromatic rings. The van der Waals surface area contributed by atoms with Gasteiger partial charge in [-0.3, -0.25) is 14.3 Å². The number of pyridine rings is 1. The first kappa shape index (κ1) is 23.5. The van der Waals surface area contributed by atoms with E-state index >= 15 is 0 Å². The largest absolute Gasteiger partial charge is 0.373 e. The molecule has 0 radical (unpaired) electrons. The third-order valence-electron chi connectivity index (χ3n) is 5.41. The molecule has 8 nitrogen and oxygen atoms in total. The number of nitrogens with one attached hydrogen (secondary N) is 1. The lowest BCUT2D eigenvalue weighted by atomic mass is 10.1. The fourth-order valence-electron chi connectivity index (χ4n) is 3.64. The molecule has 4 rings (SSSR count). The van der Waals surface area contributed by atoms with Crippen molar-refractivity contribution in [2.75, 3.05) is 25.0 Å². The van der Waals surface area contributed by atoms with Crippen molar-refractivity contribution >= 4 is 29.2 Å². The molecule has 1 aromatic carbocycles. The number of halogens is 1. The average Bonchev–Trinajstić information content (AvgIpc) is 3.20. The smallest absolute Gasteiger partial charge is 0.276 e. The number of aromatic nitrogens is 3. The fourth-order valence-corrected chi connectivity index (χ4v) is 3.87. The van der Waals surface area contributed by atoms with Crippen LogP contribution < -0.4 is 5.32 Å². The lowest BCUT2D eigenvalue weighted by Gasteiger charge is -2.32. The highest BCUT2D eigenvalue weighted by Crippen LogP contribution is 2.20. The molecular weight excluding hydrogens is 454 g/mol. The van der Waals surface area contributed by atoms with Gasteiger partial charge >= 0.3 is 0 Å². The molecule has 1 atom stereocenters. The third-order valence-corrected chi connectivity index (χ3v) is 5.68. The molecule has 2 amide bonds. The predicted molar refractivity (Wildman–Crippen MR) is 129 cm³/mol. The summed E-state index contributed by atoms with van der Waals surface area (Å²) in [5.41, 5.74) is 2.63. The first-order valence-electron chi connectivity index (χ1n) is 10.8. The van der Waals surface area contributed by atoms with E-state index in [0.29, 0.717) is 32.1 Å². The van der Waals surface area contributed by atoms with Crippen molar-refractivity contribution in [3.8, 4) is 11.8 Å². The van der Waals surface area contributed by atoms with Crippen LogP contribution in [0.15, 0.2) is 48.8 Å². The van der Waals surface area contributed by atoms with Crippen molar-refractivity contribution in [2.45, 2.75) is 26.5 Å². The number of carbonyl (C=O) groups is 2. The monoisotopic (exact) mass is 477 g/mol. The van der Waals surface area contributed by atoms with E-state index in [-0.39, 0.29) is 22.7 Å². The van der Waals surface area contributed by atoms with Gasteiger partial charge in [0.1, 0.15) is 11.5 Å². The zero-order valence-corrected chi connectivity index (χ0v) is 19.7. The standard InChI is InChI=1S/C25H24ClN5O3/c1-17-12-20(9-8-19-6-4-3-5-7-19)13-27-24(17)29-25(33)23-22(26)14-28-31(23)16-21-15-30(18(2)32)10-11-34-21/h3-7,12-14,21H,10-11,15-16H2,1-2H3,(H,27,29,33). The molecule has 1 aliphatic heterocycles. The maximum absolute atomic E-state index is 13.0. The van der Waals surface area contributed by atoms with Gasteiger partial charge in [-0.2, -0.15) is 5.10 Å². The van der Waals surface area contributed by atoms with Crippen molar-refractivity contribution in [3.05, 3.63) is 76.2 Å². The van der Waals surface area contributed by atoms with Crippen LogP contribution in [0.5, 0.6) is 0 Å². The van der Waals surface area contributed by atoms with E-state index in [2.05, 4.69) is 27.2 Å². The maximum Gasteiger partial charge on any atom is 0.276 e. The molecule has 34 heavy (non-hydrogen) atoms. The second-order valence-electron chi connectivity index (χ2n) is 7.94. The van der Waals surface area contributed by atoms with Crippen LogP contribution >= 0.6 is 11.6 Å². The molecule has 1 saturated heterocycles. The summed E-state index contributed by atoms with van der Waals surface area (Å²) in [5.74, 6) is 6.15. The second-order valence-corrected chi connectivity index (χ2v) is 8.35. The Morgan fingerprint density at radius 3 is 2.71 bits per heavy atom. The summed E-state index contributed by atoms with van der Waals surface area (Å²) in [6, 6.07) is 11.5. The van der Waals surface area contributed by atoms with Crippen molar-refractivity contribution in [3.63, 3.8) is 0 Å². The number of amides is 2. The molecule has 1 fully saturated rings. The maximum atomic E-state index is 13.0. The Kier molecular flexibility index (Phi) is 7.26. The van der Waals surface area contributed by atoms with E-state index < -0.39 is 5.91 Å². The fraction of sp³-hybridized carbons (Fsp3) is 0.280. The van der Waals surface area contributed by atoms with Crippen LogP contribution in [0.1, 0.15) is 34.1 Å². The van der Waals surface area contributed by atoms with Gasteiger partial charge < -0.3 is 15.0 Å². The van der Waals surface area contributed by atoms with Crippen molar-refractivity contribution in [1.29, 1.82) is 0 Å². The van der Waals surface area contributed by atoms with E-state index in [1.165, 1.54) is 17.8 Å². The van der Waals surface area contributed by atoms with Crippen LogP contribution in [-0.4, -0.2) is 57.3 Å². The molecule has 2 aromatic heterocycles. The Hall–Kier alpha value is -3.67. The first-order valence-corrected chi connectivity index (χ1v) is 11.2. The number of hydrogen-bond acceptors (Lipinski definition) is 5. The van der Waals surface area contributed by atoms with Crippen LogP contribution in [0.25, 0.3) is 0 Å². The molecule has 0 saturated carbocycles. The number of ether oxygens (including phenoxy) is 1. The molecule has 0 aliphatic carbocycles. The van der Waals surface area contributed by atoms with Crippen LogP contribution in [0, 0.1) is 18.8 Å². The molecule has 3 heterocycles. The van der Waals surface area contributed by atoms with Gasteiger partial charge in [0, 0.05) is 37.3 Å². The van der Waals surface area contributed by atoms with Gasteiger partial charge in [-0.05, 0) is 30.7 Å². The minimum absolute atomic E-state index is 0.0109. The Bertz CT molecular complexity index is 1260. The predicted octanol–water partition coefficient (Wildman–Crippen LogP) is 3.14. The van der Waals surface area contributed by atoms with Gasteiger partial charge in [0.15, 0.2) is 0 Å². The van der Waals surface area contributed by atoms with Gasteiger partial charge in [-0.1, -0.05) is 41.6 Å². The van der Waals surface area contributed by atoms with Gasteiger partial charge in [0.2, 0.25) is 5.91 Å². The number of nitrogens with zero attached hydrogens (tertiary/aromatic N) is 4. The first-order chi connectivity index (χ1) is 16.4. The zero-order valence-electron chi connectivity index (χ0n) is 18.9. The summed E-state index contributed by atoms with van der Waals surface area (Å²) in [6.45, 7) is 5.08. The summed E-state index contributed by atoms with van der Waals surface area (Å²) >= 11 is 6.28. The molecule has 1 aliphatic rings. The number of rotatable bonds is 4. The minimum Gasteiger partial charge on any atom is -0.373 e. The topological polar surface area (TPSA) is 89.4 Å². The van der Waals surface area contributed by atoms with Crippen molar-refractivity contribution in [1.82, 2.24) is 19.7 Å². The zero-order chi connectivity index (χ0) is 24.1. The highest BCUT2D eigenvalue weighted by molar-refractivity contribution is 6.34. The quantitative estimate of drug-likeness (QED) is 0.583. The lowest BCUT2D eigenvalue weighted by molar-refractivity contribution is -0.136. The van der Waals surface area contributed by atoms with Crippen molar-refractivity contribution in [2.24, 2.45) is 0 Å². The Morgan fingerprint density at radius 1 is 1.21 bits per heavy atom. The normalized spacial score (nSPS) is 15.4. The van der Waals surface area contributed by atoms with Gasteiger partial charge in [-0.15, -0.1) is 0 Å². The molecule has 174 valence electrons. The van der Waals surface area contributed by atoms with E-state index in [0.717, 1.165) is 16.7 Å². The minimum atomic E-state index is -0.430. The number of morpholine rings is 1. The van der Waals surface area contributed by atoms with Gasteiger partial charge in [-0.25, -0.2) is 4.98 Å².